The van der Waals surface area contributed by atoms with E-state index in [9.17, 15) is 43.2 Å². The van der Waals surface area contributed by atoms with Crippen molar-refractivity contribution in [3.8, 4) is 0 Å². The molecule has 3 N–H and O–H groups in total. The molecule has 0 aromatic heterocycles. The van der Waals surface area contributed by atoms with Crippen LogP contribution in [0.1, 0.15) is 349 Å². The van der Waals surface area contributed by atoms with Crippen molar-refractivity contribution in [3.05, 3.63) is 48.6 Å². The van der Waals surface area contributed by atoms with Gasteiger partial charge in [-0.1, -0.05) is 295 Å². The van der Waals surface area contributed by atoms with Gasteiger partial charge in [-0.2, -0.15) is 0 Å². The minimum atomic E-state index is -4.97. The van der Waals surface area contributed by atoms with E-state index in [1.54, 1.807) is 0 Å². The topological polar surface area (TPSA) is 237 Å². The summed E-state index contributed by atoms with van der Waals surface area (Å²) in [6.45, 7) is 7.16. The first-order chi connectivity index (χ1) is 46.0. The van der Waals surface area contributed by atoms with E-state index in [0.29, 0.717) is 25.7 Å². The normalized spacial score (nSPS) is 14.3. The molecule has 0 radical (unpaired) electrons. The third kappa shape index (κ3) is 69.3. The molecule has 556 valence electrons. The van der Waals surface area contributed by atoms with Crippen molar-refractivity contribution in [2.24, 2.45) is 5.92 Å². The lowest BCUT2D eigenvalue weighted by Gasteiger charge is -2.21. The lowest BCUT2D eigenvalue weighted by Crippen LogP contribution is -2.30. The van der Waals surface area contributed by atoms with Crippen LogP contribution in [-0.4, -0.2) is 96.7 Å². The molecule has 17 nitrogen and oxygen atoms in total. The van der Waals surface area contributed by atoms with Gasteiger partial charge in [-0.05, 0) is 83.0 Å². The first kappa shape index (κ1) is 92.0. The number of carbonyl (C=O) groups is 4. The number of aliphatic hydroxyl groups excluding tert-OH is 1. The minimum absolute atomic E-state index is 0.0783. The number of esters is 4. The molecule has 0 aromatic rings. The molecule has 0 heterocycles. The number of unbranched alkanes of at least 4 members (excludes halogenated alkanes) is 38. The number of allylic oxidation sites excluding steroid dienone is 8. The zero-order chi connectivity index (χ0) is 69.8. The molecule has 19 heteroatoms. The van der Waals surface area contributed by atoms with Gasteiger partial charge in [-0.15, -0.1) is 0 Å². The molecule has 5 atom stereocenters. The molecule has 0 spiro atoms. The lowest BCUT2D eigenvalue weighted by atomic mass is 10.0. The van der Waals surface area contributed by atoms with Gasteiger partial charge >= 0.3 is 39.5 Å². The Kier molecular flexibility index (Phi) is 66.0. The van der Waals surface area contributed by atoms with E-state index in [1.807, 2.05) is 0 Å². The Balaban J connectivity index is 5.32. The van der Waals surface area contributed by atoms with Gasteiger partial charge in [0.1, 0.15) is 19.3 Å². The summed E-state index contributed by atoms with van der Waals surface area (Å²) in [6, 6.07) is 0. The molecular weight excluding hydrogens is 1250 g/mol. The Labute approximate surface area is 578 Å². The van der Waals surface area contributed by atoms with Crippen LogP contribution in [0.25, 0.3) is 0 Å². The summed E-state index contributed by atoms with van der Waals surface area (Å²) in [6.07, 6.45) is 62.5. The average molecular weight is 1390 g/mol. The van der Waals surface area contributed by atoms with Gasteiger partial charge < -0.3 is 33.8 Å². The van der Waals surface area contributed by atoms with Gasteiger partial charge in [-0.25, -0.2) is 9.13 Å². The number of carbonyl (C=O) groups excluding carboxylic acids is 4. The van der Waals surface area contributed by atoms with Gasteiger partial charge in [-0.3, -0.25) is 37.3 Å². The summed E-state index contributed by atoms with van der Waals surface area (Å²) in [5, 5.41) is 10.6. The molecule has 0 amide bonds. The molecule has 0 aliphatic rings. The SMILES string of the molecule is CCCCCC/C=C\C=C/CCCCCCCC(=O)OC[C@H](COP(=O)(O)OC[C@@H](O)COP(=O)(O)OC[C@@H](COC(=O)CCCCCCCCCCCC)OC(=O)CCCCCCCCCCCCCCC(C)C)OC(=O)CCCCCCC/C=C\C=C/CCCCCC. The Morgan fingerprint density at radius 1 is 0.326 bits per heavy atom. The molecule has 2 unspecified atom stereocenters. The largest absolute Gasteiger partial charge is 0.472 e. The number of ether oxygens (including phenoxy) is 4. The van der Waals surface area contributed by atoms with Crippen LogP contribution in [0.4, 0.5) is 0 Å². The van der Waals surface area contributed by atoms with E-state index in [1.165, 1.54) is 141 Å². The van der Waals surface area contributed by atoms with Crippen LogP contribution in [-0.2, 0) is 65.4 Å². The van der Waals surface area contributed by atoms with E-state index < -0.39 is 97.5 Å². The van der Waals surface area contributed by atoms with E-state index in [0.717, 1.165) is 128 Å². The highest BCUT2D eigenvalue weighted by Crippen LogP contribution is 2.45. The number of phosphoric acid groups is 2. The second kappa shape index (κ2) is 68.2. The van der Waals surface area contributed by atoms with Crippen LogP contribution in [0.5, 0.6) is 0 Å². The zero-order valence-electron chi connectivity index (χ0n) is 60.8. The van der Waals surface area contributed by atoms with Crippen molar-refractivity contribution in [2.45, 2.75) is 368 Å². The van der Waals surface area contributed by atoms with Gasteiger partial charge in [0.25, 0.3) is 0 Å². The van der Waals surface area contributed by atoms with E-state index in [4.69, 9.17) is 37.0 Å². The van der Waals surface area contributed by atoms with Crippen LogP contribution in [0.3, 0.4) is 0 Å². The highest BCUT2D eigenvalue weighted by molar-refractivity contribution is 7.47. The molecular formula is C76H140O17P2. The fourth-order valence-electron chi connectivity index (χ4n) is 10.6. The third-order valence-electron chi connectivity index (χ3n) is 16.5. The van der Waals surface area contributed by atoms with Crippen LogP contribution < -0.4 is 0 Å². The smallest absolute Gasteiger partial charge is 0.462 e. The molecule has 0 aromatic carbocycles. The maximum Gasteiger partial charge on any atom is 0.472 e. The van der Waals surface area contributed by atoms with Crippen molar-refractivity contribution >= 4 is 39.5 Å². The Bertz CT molecular complexity index is 2010. The summed E-state index contributed by atoms with van der Waals surface area (Å²) in [5.74, 6) is -1.40. The van der Waals surface area contributed by atoms with Crippen molar-refractivity contribution in [2.75, 3.05) is 39.6 Å². The highest BCUT2D eigenvalue weighted by atomic mass is 31.2. The second-order valence-corrected chi connectivity index (χ2v) is 29.4. The lowest BCUT2D eigenvalue weighted by molar-refractivity contribution is -0.161. The molecule has 0 aliphatic heterocycles. The van der Waals surface area contributed by atoms with Crippen LogP contribution in [0.2, 0.25) is 0 Å². The summed E-state index contributed by atoms with van der Waals surface area (Å²) >= 11 is 0. The fourth-order valence-corrected chi connectivity index (χ4v) is 12.2. The van der Waals surface area contributed by atoms with Gasteiger partial charge in [0.05, 0.1) is 26.4 Å². The first-order valence-electron chi connectivity index (χ1n) is 38.3. The number of phosphoric ester groups is 2. The molecule has 0 rings (SSSR count). The molecule has 95 heavy (non-hydrogen) atoms. The molecule has 0 saturated heterocycles. The highest BCUT2D eigenvalue weighted by Gasteiger charge is 2.30. The predicted octanol–water partition coefficient (Wildman–Crippen LogP) is 21.6. The van der Waals surface area contributed by atoms with Crippen molar-refractivity contribution in [1.82, 2.24) is 0 Å². The summed E-state index contributed by atoms with van der Waals surface area (Å²) in [5.41, 5.74) is 0. The number of hydrogen-bond acceptors (Lipinski definition) is 15. The van der Waals surface area contributed by atoms with E-state index >= 15 is 0 Å². The zero-order valence-corrected chi connectivity index (χ0v) is 62.6. The first-order valence-corrected chi connectivity index (χ1v) is 41.3. The van der Waals surface area contributed by atoms with Crippen LogP contribution in [0.15, 0.2) is 48.6 Å². The molecule has 0 bridgehead atoms. The van der Waals surface area contributed by atoms with Crippen molar-refractivity contribution in [1.29, 1.82) is 0 Å². The van der Waals surface area contributed by atoms with Crippen LogP contribution >= 0.6 is 15.6 Å². The monoisotopic (exact) mass is 1390 g/mol. The van der Waals surface area contributed by atoms with E-state index in [-0.39, 0.29) is 25.7 Å². The summed E-state index contributed by atoms with van der Waals surface area (Å²) < 4.78 is 68.4. The maximum atomic E-state index is 13.1. The Hall–Kier alpha value is -2.98. The molecule has 0 fully saturated rings. The molecule has 0 saturated carbocycles. The predicted molar refractivity (Wildman–Crippen MR) is 386 cm³/mol. The molecule has 0 aliphatic carbocycles. The third-order valence-corrected chi connectivity index (χ3v) is 18.4. The van der Waals surface area contributed by atoms with Crippen molar-refractivity contribution < 1.29 is 80.2 Å². The second-order valence-electron chi connectivity index (χ2n) is 26.5. The standard InChI is InChI=1S/C76H140O17P2/c1-6-9-12-15-18-21-24-26-28-30-35-40-45-50-55-60-74(79)87-66-72(93-75(80)61-56-51-46-41-36-31-29-27-25-22-19-16-13-10-7-2)68-91-95(84,85)89-64-70(77)63-88-94(82,83)90-67-71(65-86-73(78)59-54-49-44-39-23-20-17-14-11-8-3)92-76(81)62-57-52-47-42-37-33-32-34-38-43-48-53-58-69(4)5/h21-22,24-29,69-72,77H,6-20,23,30-68H2,1-5H3,(H,82,83)(H,84,85)/b24-21-,25-22-,28-26-,29-27-/t70-,71+,72+/m0/s1. The van der Waals surface area contributed by atoms with Gasteiger partial charge in [0.2, 0.25) is 0 Å². The minimum Gasteiger partial charge on any atom is -0.462 e. The Morgan fingerprint density at radius 2 is 0.568 bits per heavy atom. The fraction of sp³-hybridized carbons (Fsp3) is 0.842. The summed E-state index contributed by atoms with van der Waals surface area (Å²) in [7, 11) is -9.93. The average Bonchev–Trinajstić information content (AvgIpc) is 2.22. The maximum absolute atomic E-state index is 13.1. The van der Waals surface area contributed by atoms with Gasteiger partial charge in [0, 0.05) is 25.7 Å². The number of aliphatic hydroxyl groups is 1. The summed E-state index contributed by atoms with van der Waals surface area (Å²) in [4.78, 5) is 72.7. The Morgan fingerprint density at radius 3 is 0.863 bits per heavy atom. The van der Waals surface area contributed by atoms with Gasteiger partial charge in [0.15, 0.2) is 12.2 Å². The number of hydrogen-bond donors (Lipinski definition) is 3. The number of rotatable bonds is 72. The van der Waals surface area contributed by atoms with E-state index in [2.05, 4.69) is 83.2 Å². The van der Waals surface area contributed by atoms with Crippen LogP contribution in [0, 0.1) is 5.92 Å². The van der Waals surface area contributed by atoms with Crippen molar-refractivity contribution in [3.63, 3.8) is 0 Å². The quantitative estimate of drug-likeness (QED) is 0.0169.